The van der Waals surface area contributed by atoms with Gasteiger partial charge in [0.25, 0.3) is 11.8 Å². The van der Waals surface area contributed by atoms with Crippen LogP contribution in [0.15, 0.2) is 22.9 Å². The predicted octanol–water partition coefficient (Wildman–Crippen LogP) is 1.71. The van der Waals surface area contributed by atoms with Crippen LogP contribution in [0.1, 0.15) is 71.1 Å². The number of rotatable bonds is 4. The molecule has 0 atom stereocenters. The van der Waals surface area contributed by atoms with Crippen LogP contribution in [0, 0.1) is 0 Å². The number of carbonyl (C=O) groups is 2. The van der Waals surface area contributed by atoms with Gasteiger partial charge in [-0.25, -0.2) is 0 Å². The minimum Gasteiger partial charge on any atom is -0.364 e. The third-order valence-corrected chi connectivity index (χ3v) is 4.36. The van der Waals surface area contributed by atoms with E-state index >= 15 is 0 Å². The number of amides is 2. The van der Waals surface area contributed by atoms with Gasteiger partial charge in [0.1, 0.15) is 5.69 Å². The van der Waals surface area contributed by atoms with Gasteiger partial charge < -0.3 is 15.2 Å². The zero-order chi connectivity index (χ0) is 18.0. The summed E-state index contributed by atoms with van der Waals surface area (Å²) < 4.78 is 5.27. The van der Waals surface area contributed by atoms with Crippen molar-refractivity contribution >= 4 is 11.8 Å². The molecule has 0 aliphatic carbocycles. The van der Waals surface area contributed by atoms with Crippen molar-refractivity contribution in [1.29, 1.82) is 0 Å². The van der Waals surface area contributed by atoms with Gasteiger partial charge in [0.15, 0.2) is 5.82 Å². The van der Waals surface area contributed by atoms with Crippen LogP contribution in [0.5, 0.6) is 0 Å². The Balaban J connectivity index is 1.61. The Morgan fingerprint density at radius 3 is 2.52 bits per heavy atom. The Hall–Kier alpha value is -2.77. The highest BCUT2D eigenvalue weighted by atomic mass is 16.5. The van der Waals surface area contributed by atoms with Crippen molar-refractivity contribution in [2.45, 2.75) is 38.5 Å². The maximum Gasteiger partial charge on any atom is 0.267 e. The molecule has 1 saturated heterocycles. The van der Waals surface area contributed by atoms with Gasteiger partial charge in [-0.2, -0.15) is 4.98 Å². The Labute approximate surface area is 145 Å². The Morgan fingerprint density at radius 2 is 2.00 bits per heavy atom. The summed E-state index contributed by atoms with van der Waals surface area (Å²) in [7, 11) is 0. The summed E-state index contributed by atoms with van der Waals surface area (Å²) in [6.45, 7) is 5.26. The van der Waals surface area contributed by atoms with Gasteiger partial charge in [0.05, 0.1) is 5.56 Å². The van der Waals surface area contributed by atoms with Crippen LogP contribution in [0.4, 0.5) is 0 Å². The summed E-state index contributed by atoms with van der Waals surface area (Å²) in [5.74, 6) is 1.07. The minimum absolute atomic E-state index is 0.0991. The summed E-state index contributed by atoms with van der Waals surface area (Å²) in [6.07, 6.45) is 2.97. The molecule has 2 N–H and O–H groups in total. The number of nitrogens with two attached hydrogens (primary N) is 1. The normalized spacial score (nSPS) is 15.6. The van der Waals surface area contributed by atoms with Crippen LogP contribution in [0.25, 0.3) is 0 Å². The molecule has 0 saturated carbocycles. The number of pyridine rings is 1. The summed E-state index contributed by atoms with van der Waals surface area (Å²) in [5.41, 5.74) is 5.75. The molecule has 2 amide bonds. The molecule has 0 bridgehead atoms. The maximum atomic E-state index is 12.5. The fourth-order valence-corrected chi connectivity index (χ4v) is 2.84. The molecule has 132 valence electrons. The molecule has 3 rings (SSSR count). The average molecular weight is 343 g/mol. The predicted molar refractivity (Wildman–Crippen MR) is 89.0 cm³/mol. The van der Waals surface area contributed by atoms with Crippen molar-refractivity contribution in [2.24, 2.45) is 5.73 Å². The highest BCUT2D eigenvalue weighted by Gasteiger charge is 2.28. The SMILES string of the molecule is CC(C)c1nc(C2CCN(C(=O)c3ccc(C(N)=O)nc3)CC2)no1. The molecule has 3 heterocycles. The van der Waals surface area contributed by atoms with Crippen LogP contribution in [0.2, 0.25) is 0 Å². The van der Waals surface area contributed by atoms with Crippen LogP contribution in [-0.4, -0.2) is 44.9 Å². The van der Waals surface area contributed by atoms with E-state index in [0.29, 0.717) is 24.5 Å². The maximum absolute atomic E-state index is 12.5. The summed E-state index contributed by atoms with van der Waals surface area (Å²) in [5, 5.41) is 4.07. The number of piperidine rings is 1. The number of primary amides is 1. The first-order valence-electron chi connectivity index (χ1n) is 8.34. The molecule has 8 heteroatoms. The third-order valence-electron chi connectivity index (χ3n) is 4.36. The van der Waals surface area contributed by atoms with Gasteiger partial charge in [0.2, 0.25) is 5.89 Å². The molecule has 1 aliphatic rings. The molecule has 0 radical (unpaired) electrons. The first-order chi connectivity index (χ1) is 12.0. The molecule has 25 heavy (non-hydrogen) atoms. The van der Waals surface area contributed by atoms with Gasteiger partial charge in [0, 0.05) is 31.1 Å². The molecule has 2 aromatic rings. The van der Waals surface area contributed by atoms with E-state index in [1.807, 2.05) is 13.8 Å². The second kappa shape index (κ2) is 7.00. The number of hydrogen-bond donors (Lipinski definition) is 1. The van der Waals surface area contributed by atoms with E-state index in [9.17, 15) is 9.59 Å². The molecule has 1 fully saturated rings. The van der Waals surface area contributed by atoms with Crippen molar-refractivity contribution in [3.63, 3.8) is 0 Å². The number of aromatic nitrogens is 3. The van der Waals surface area contributed by atoms with Crippen LogP contribution in [0.3, 0.4) is 0 Å². The van der Waals surface area contributed by atoms with Crippen molar-refractivity contribution in [3.05, 3.63) is 41.3 Å². The van der Waals surface area contributed by atoms with Crippen LogP contribution in [-0.2, 0) is 0 Å². The zero-order valence-electron chi connectivity index (χ0n) is 14.3. The van der Waals surface area contributed by atoms with Gasteiger partial charge in [-0.1, -0.05) is 19.0 Å². The Morgan fingerprint density at radius 1 is 1.28 bits per heavy atom. The highest BCUT2D eigenvalue weighted by Crippen LogP contribution is 2.27. The minimum atomic E-state index is -0.610. The summed E-state index contributed by atoms with van der Waals surface area (Å²) >= 11 is 0. The smallest absolute Gasteiger partial charge is 0.267 e. The van der Waals surface area contributed by atoms with Gasteiger partial charge in [-0.15, -0.1) is 0 Å². The van der Waals surface area contributed by atoms with E-state index in [-0.39, 0.29) is 23.4 Å². The number of carbonyl (C=O) groups excluding carboxylic acids is 2. The topological polar surface area (TPSA) is 115 Å². The monoisotopic (exact) mass is 343 g/mol. The Kier molecular flexibility index (Phi) is 4.78. The third kappa shape index (κ3) is 3.67. The lowest BCUT2D eigenvalue weighted by atomic mass is 9.95. The van der Waals surface area contributed by atoms with E-state index in [0.717, 1.165) is 18.7 Å². The lowest BCUT2D eigenvalue weighted by Crippen LogP contribution is -2.38. The standard InChI is InChI=1S/C17H21N5O3/c1-10(2)16-20-15(21-25-16)11-5-7-22(8-6-11)17(24)12-3-4-13(14(18)23)19-9-12/h3-4,9-11H,5-8H2,1-2H3,(H2,18,23). The molecule has 0 unspecified atom stereocenters. The van der Waals surface area contributed by atoms with E-state index in [4.69, 9.17) is 10.3 Å². The molecule has 0 aromatic carbocycles. The van der Waals surface area contributed by atoms with Crippen molar-refractivity contribution in [3.8, 4) is 0 Å². The highest BCUT2D eigenvalue weighted by molar-refractivity contribution is 5.95. The van der Waals surface area contributed by atoms with Crippen molar-refractivity contribution < 1.29 is 14.1 Å². The quantitative estimate of drug-likeness (QED) is 0.903. The molecule has 8 nitrogen and oxygen atoms in total. The van der Waals surface area contributed by atoms with Gasteiger partial charge in [-0.05, 0) is 25.0 Å². The molecule has 1 aliphatic heterocycles. The number of nitrogens with zero attached hydrogens (tertiary/aromatic N) is 4. The number of likely N-dealkylation sites (tertiary alicyclic amines) is 1. The number of hydrogen-bond acceptors (Lipinski definition) is 6. The summed E-state index contributed by atoms with van der Waals surface area (Å²) in [6, 6.07) is 3.05. The first kappa shape index (κ1) is 17.1. The Bertz CT molecular complexity index is 761. The molecular weight excluding hydrogens is 322 g/mol. The summed E-state index contributed by atoms with van der Waals surface area (Å²) in [4.78, 5) is 33.7. The fourth-order valence-electron chi connectivity index (χ4n) is 2.84. The lowest BCUT2D eigenvalue weighted by molar-refractivity contribution is 0.0709. The fraction of sp³-hybridized carbons (Fsp3) is 0.471. The van der Waals surface area contributed by atoms with E-state index in [1.54, 1.807) is 11.0 Å². The van der Waals surface area contributed by atoms with E-state index in [1.165, 1.54) is 12.3 Å². The zero-order valence-corrected chi connectivity index (χ0v) is 14.3. The molecule has 0 spiro atoms. The molecular formula is C17H21N5O3. The van der Waals surface area contributed by atoms with Crippen LogP contribution < -0.4 is 5.73 Å². The average Bonchev–Trinajstić information content (AvgIpc) is 3.12. The van der Waals surface area contributed by atoms with E-state index in [2.05, 4.69) is 15.1 Å². The lowest BCUT2D eigenvalue weighted by Gasteiger charge is -2.30. The van der Waals surface area contributed by atoms with E-state index < -0.39 is 5.91 Å². The first-order valence-corrected chi connectivity index (χ1v) is 8.34. The van der Waals surface area contributed by atoms with Crippen molar-refractivity contribution in [2.75, 3.05) is 13.1 Å². The van der Waals surface area contributed by atoms with Gasteiger partial charge >= 0.3 is 0 Å². The van der Waals surface area contributed by atoms with Gasteiger partial charge in [-0.3, -0.25) is 14.6 Å². The van der Waals surface area contributed by atoms with Crippen molar-refractivity contribution in [1.82, 2.24) is 20.0 Å². The van der Waals surface area contributed by atoms with Crippen LogP contribution >= 0.6 is 0 Å². The second-order valence-corrected chi connectivity index (χ2v) is 6.51. The molecule has 2 aromatic heterocycles. The second-order valence-electron chi connectivity index (χ2n) is 6.51. The largest absolute Gasteiger partial charge is 0.364 e.